The van der Waals surface area contributed by atoms with Crippen molar-refractivity contribution >= 4 is 47.8 Å². The first-order valence-corrected chi connectivity index (χ1v) is 9.99. The summed E-state index contributed by atoms with van der Waals surface area (Å²) < 4.78 is 1.18. The zero-order chi connectivity index (χ0) is 15.5. The SMILES string of the molecule is Cc1ccc(C)c(CC(CBr)(CBr)c2ccccc2Br)c1. The smallest absolute Gasteiger partial charge is 0.0213 e. The van der Waals surface area contributed by atoms with Crippen molar-refractivity contribution in [2.75, 3.05) is 10.7 Å². The first-order chi connectivity index (χ1) is 10.0. The molecule has 0 spiro atoms. The van der Waals surface area contributed by atoms with Gasteiger partial charge in [0.15, 0.2) is 0 Å². The molecule has 0 atom stereocenters. The fourth-order valence-corrected chi connectivity index (χ4v) is 5.25. The van der Waals surface area contributed by atoms with Gasteiger partial charge in [0.2, 0.25) is 0 Å². The quantitative estimate of drug-likeness (QED) is 0.444. The average molecular weight is 475 g/mol. The first kappa shape index (κ1) is 17.2. The molecular formula is C18H19Br3. The van der Waals surface area contributed by atoms with Crippen LogP contribution in [0.5, 0.6) is 0 Å². The van der Waals surface area contributed by atoms with Gasteiger partial charge >= 0.3 is 0 Å². The highest BCUT2D eigenvalue weighted by Crippen LogP contribution is 2.37. The van der Waals surface area contributed by atoms with E-state index < -0.39 is 0 Å². The predicted molar refractivity (Wildman–Crippen MR) is 103 cm³/mol. The molecule has 0 saturated carbocycles. The predicted octanol–water partition coefficient (Wildman–Crippen LogP) is 6.34. The summed E-state index contributed by atoms with van der Waals surface area (Å²) in [5, 5.41) is 1.84. The van der Waals surface area contributed by atoms with Gasteiger partial charge in [-0.3, -0.25) is 0 Å². The number of hydrogen-bond donors (Lipinski definition) is 0. The molecule has 2 rings (SSSR count). The Morgan fingerprint density at radius 2 is 1.62 bits per heavy atom. The number of hydrogen-bond acceptors (Lipinski definition) is 0. The summed E-state index contributed by atoms with van der Waals surface area (Å²) in [5.74, 6) is 0. The zero-order valence-corrected chi connectivity index (χ0v) is 17.1. The largest absolute Gasteiger partial charge is 0.0918 e. The maximum Gasteiger partial charge on any atom is 0.0213 e. The maximum atomic E-state index is 3.75. The Kier molecular flexibility index (Phi) is 6.10. The van der Waals surface area contributed by atoms with E-state index in [2.05, 4.69) is 104 Å². The molecule has 0 N–H and O–H groups in total. The van der Waals surface area contributed by atoms with Crippen molar-refractivity contribution in [3.63, 3.8) is 0 Å². The minimum absolute atomic E-state index is 0.0403. The molecule has 2 aromatic rings. The molecule has 0 saturated heterocycles. The van der Waals surface area contributed by atoms with Crippen molar-refractivity contribution in [2.45, 2.75) is 25.7 Å². The van der Waals surface area contributed by atoms with Crippen molar-refractivity contribution in [3.05, 3.63) is 69.2 Å². The summed E-state index contributed by atoms with van der Waals surface area (Å²) in [7, 11) is 0. The van der Waals surface area contributed by atoms with Crippen LogP contribution in [0.2, 0.25) is 0 Å². The van der Waals surface area contributed by atoms with Crippen molar-refractivity contribution < 1.29 is 0 Å². The monoisotopic (exact) mass is 472 g/mol. The zero-order valence-electron chi connectivity index (χ0n) is 12.3. The lowest BCUT2D eigenvalue weighted by molar-refractivity contribution is 0.547. The van der Waals surface area contributed by atoms with Crippen LogP contribution in [0.4, 0.5) is 0 Å². The minimum Gasteiger partial charge on any atom is -0.0918 e. The third-order valence-electron chi connectivity index (χ3n) is 3.99. The van der Waals surface area contributed by atoms with Gasteiger partial charge in [0.25, 0.3) is 0 Å². The van der Waals surface area contributed by atoms with Gasteiger partial charge in [-0.1, -0.05) is 89.8 Å². The molecule has 0 heterocycles. The fraction of sp³-hybridized carbons (Fsp3) is 0.333. The molecule has 3 heteroatoms. The van der Waals surface area contributed by atoms with Crippen LogP contribution in [0.1, 0.15) is 22.3 Å². The Hall–Kier alpha value is -0.120. The molecule has 21 heavy (non-hydrogen) atoms. The molecule has 0 unspecified atom stereocenters. The van der Waals surface area contributed by atoms with Crippen molar-refractivity contribution in [1.29, 1.82) is 0 Å². The summed E-state index contributed by atoms with van der Waals surface area (Å²) in [6.07, 6.45) is 1.01. The summed E-state index contributed by atoms with van der Waals surface area (Å²) in [4.78, 5) is 0. The van der Waals surface area contributed by atoms with Crippen LogP contribution in [-0.4, -0.2) is 10.7 Å². The van der Waals surface area contributed by atoms with Gasteiger partial charge in [-0.25, -0.2) is 0 Å². The Bertz CT molecular complexity index is 616. The number of benzene rings is 2. The van der Waals surface area contributed by atoms with Crippen molar-refractivity contribution in [1.82, 2.24) is 0 Å². The highest BCUT2D eigenvalue weighted by Gasteiger charge is 2.32. The van der Waals surface area contributed by atoms with E-state index in [9.17, 15) is 0 Å². The van der Waals surface area contributed by atoms with Crippen LogP contribution in [0.25, 0.3) is 0 Å². The number of alkyl halides is 2. The second-order valence-electron chi connectivity index (χ2n) is 5.63. The Morgan fingerprint density at radius 3 is 2.24 bits per heavy atom. The van der Waals surface area contributed by atoms with Crippen LogP contribution >= 0.6 is 47.8 Å². The van der Waals surface area contributed by atoms with Crippen LogP contribution in [0.15, 0.2) is 46.9 Å². The maximum absolute atomic E-state index is 3.75. The highest BCUT2D eigenvalue weighted by atomic mass is 79.9. The van der Waals surface area contributed by atoms with E-state index in [0.717, 1.165) is 17.1 Å². The second kappa shape index (κ2) is 7.43. The van der Waals surface area contributed by atoms with Crippen LogP contribution in [-0.2, 0) is 11.8 Å². The molecule has 0 radical (unpaired) electrons. The molecule has 2 aromatic carbocycles. The lowest BCUT2D eigenvalue weighted by Crippen LogP contribution is -2.33. The summed E-state index contributed by atoms with van der Waals surface area (Å²) in [6, 6.07) is 15.2. The van der Waals surface area contributed by atoms with Gasteiger partial charge in [0.05, 0.1) is 0 Å². The highest BCUT2D eigenvalue weighted by molar-refractivity contribution is 9.10. The van der Waals surface area contributed by atoms with Gasteiger partial charge in [-0.2, -0.15) is 0 Å². The number of halogens is 3. The minimum atomic E-state index is 0.0403. The van der Waals surface area contributed by atoms with Gasteiger partial charge in [-0.05, 0) is 43.0 Å². The van der Waals surface area contributed by atoms with Crippen molar-refractivity contribution in [2.24, 2.45) is 0 Å². The third-order valence-corrected chi connectivity index (χ3v) is 6.83. The summed E-state index contributed by atoms with van der Waals surface area (Å²) in [6.45, 7) is 4.35. The first-order valence-electron chi connectivity index (χ1n) is 6.95. The second-order valence-corrected chi connectivity index (χ2v) is 7.61. The molecule has 0 nitrogen and oxygen atoms in total. The lowest BCUT2D eigenvalue weighted by atomic mass is 9.78. The van der Waals surface area contributed by atoms with Gasteiger partial charge in [0.1, 0.15) is 0 Å². The molecular weight excluding hydrogens is 456 g/mol. The van der Waals surface area contributed by atoms with E-state index >= 15 is 0 Å². The summed E-state index contributed by atoms with van der Waals surface area (Å²) >= 11 is 11.2. The van der Waals surface area contributed by atoms with E-state index in [1.54, 1.807) is 0 Å². The summed E-state index contributed by atoms with van der Waals surface area (Å²) in [5.41, 5.74) is 5.49. The van der Waals surface area contributed by atoms with Gasteiger partial charge in [0, 0.05) is 20.5 Å². The van der Waals surface area contributed by atoms with E-state index in [1.807, 2.05) is 0 Å². The molecule has 0 aliphatic rings. The lowest BCUT2D eigenvalue weighted by Gasteiger charge is -2.32. The topological polar surface area (TPSA) is 0 Å². The van der Waals surface area contributed by atoms with E-state index in [0.29, 0.717) is 0 Å². The standard InChI is InChI=1S/C18H19Br3/c1-13-7-8-14(2)15(9-13)10-18(11-19,12-20)16-5-3-4-6-17(16)21/h3-9H,10-12H2,1-2H3. The average Bonchev–Trinajstić information content (AvgIpc) is 2.49. The fourth-order valence-electron chi connectivity index (χ4n) is 2.62. The normalized spacial score (nSPS) is 11.7. The third kappa shape index (κ3) is 3.80. The molecule has 0 aromatic heterocycles. The molecule has 0 fully saturated rings. The number of aryl methyl sites for hydroxylation is 2. The molecule has 0 amide bonds. The van der Waals surface area contributed by atoms with Crippen LogP contribution < -0.4 is 0 Å². The molecule has 0 bridgehead atoms. The van der Waals surface area contributed by atoms with E-state index in [-0.39, 0.29) is 5.41 Å². The van der Waals surface area contributed by atoms with E-state index in [4.69, 9.17) is 0 Å². The molecule has 0 aliphatic heterocycles. The van der Waals surface area contributed by atoms with Crippen LogP contribution in [0.3, 0.4) is 0 Å². The molecule has 112 valence electrons. The Morgan fingerprint density at radius 1 is 0.952 bits per heavy atom. The Labute approximate surface area is 152 Å². The Balaban J connectivity index is 2.48. The number of rotatable bonds is 5. The van der Waals surface area contributed by atoms with Crippen molar-refractivity contribution in [3.8, 4) is 0 Å². The van der Waals surface area contributed by atoms with Gasteiger partial charge in [-0.15, -0.1) is 0 Å². The van der Waals surface area contributed by atoms with Gasteiger partial charge < -0.3 is 0 Å². The molecule has 0 aliphatic carbocycles. The van der Waals surface area contributed by atoms with E-state index in [1.165, 1.54) is 26.7 Å². The van der Waals surface area contributed by atoms with Crippen LogP contribution in [0, 0.1) is 13.8 Å².